The zero-order valence-electron chi connectivity index (χ0n) is 13.7. The van der Waals surface area contributed by atoms with Gasteiger partial charge in [0.15, 0.2) is 0 Å². The van der Waals surface area contributed by atoms with E-state index in [0.29, 0.717) is 13.1 Å². The van der Waals surface area contributed by atoms with Crippen LogP contribution in [0.1, 0.15) is 5.56 Å². The molecule has 6 heteroatoms. The van der Waals surface area contributed by atoms with Crippen LogP contribution in [-0.4, -0.2) is 47.7 Å². The zero-order valence-corrected chi connectivity index (χ0v) is 13.7. The third kappa shape index (κ3) is 4.09. The Hall–Kier alpha value is -3.02. The molecule has 1 amide bonds. The van der Waals surface area contributed by atoms with Crippen molar-refractivity contribution in [2.24, 2.45) is 0 Å². The number of piperazine rings is 1. The molecule has 0 aliphatic carbocycles. The summed E-state index contributed by atoms with van der Waals surface area (Å²) in [4.78, 5) is 27.3. The summed E-state index contributed by atoms with van der Waals surface area (Å²) in [6, 6.07) is 18.0. The summed E-state index contributed by atoms with van der Waals surface area (Å²) >= 11 is 0. The van der Waals surface area contributed by atoms with E-state index in [1.165, 1.54) is 4.90 Å². The predicted octanol–water partition coefficient (Wildman–Crippen LogP) is 2.60. The van der Waals surface area contributed by atoms with Crippen LogP contribution in [-0.2, 0) is 16.1 Å². The Bertz CT molecular complexity index is 721. The molecule has 1 atom stereocenters. The smallest absolute Gasteiger partial charge is 0.410 e. The highest BCUT2D eigenvalue weighted by Gasteiger charge is 2.36. The van der Waals surface area contributed by atoms with Gasteiger partial charge in [0.1, 0.15) is 12.6 Å². The molecule has 1 saturated heterocycles. The van der Waals surface area contributed by atoms with E-state index in [-0.39, 0.29) is 13.2 Å². The Balaban J connectivity index is 1.65. The number of anilines is 1. The van der Waals surface area contributed by atoms with Crippen molar-refractivity contribution in [3.63, 3.8) is 0 Å². The quantitative estimate of drug-likeness (QED) is 0.926. The van der Waals surface area contributed by atoms with E-state index in [4.69, 9.17) is 4.74 Å². The number of benzene rings is 2. The van der Waals surface area contributed by atoms with Gasteiger partial charge >= 0.3 is 12.1 Å². The number of para-hydroxylation sites is 1. The first kappa shape index (κ1) is 16.8. The molecule has 1 aliphatic heterocycles. The van der Waals surface area contributed by atoms with Crippen molar-refractivity contribution in [2.45, 2.75) is 12.6 Å². The highest BCUT2D eigenvalue weighted by Crippen LogP contribution is 2.20. The molecule has 2 aromatic rings. The summed E-state index contributed by atoms with van der Waals surface area (Å²) in [5.41, 5.74) is 1.82. The summed E-state index contributed by atoms with van der Waals surface area (Å²) < 4.78 is 5.29. The standard InChI is InChI=1S/C19H20N2O4/c22-18(23)17-13-20(16-9-5-2-6-10-16)11-12-21(17)19(24)25-14-15-7-3-1-4-8-15/h1-10,17H,11-14H2,(H,22,23). The first-order chi connectivity index (χ1) is 12.1. The van der Waals surface area contributed by atoms with Crippen LogP contribution < -0.4 is 4.90 Å². The Morgan fingerprint density at radius 1 is 1.00 bits per heavy atom. The lowest BCUT2D eigenvalue weighted by Crippen LogP contribution is -2.58. The molecule has 1 N–H and O–H groups in total. The maximum atomic E-state index is 12.4. The van der Waals surface area contributed by atoms with Gasteiger partial charge in [0, 0.05) is 25.3 Å². The van der Waals surface area contributed by atoms with Crippen molar-refractivity contribution < 1.29 is 19.4 Å². The summed E-state index contributed by atoms with van der Waals surface area (Å²) in [5.74, 6) is -1.03. The second kappa shape index (κ2) is 7.70. The average molecular weight is 340 g/mol. The van der Waals surface area contributed by atoms with Gasteiger partial charge in [0.05, 0.1) is 0 Å². The maximum Gasteiger partial charge on any atom is 0.410 e. The molecule has 2 aromatic carbocycles. The lowest BCUT2D eigenvalue weighted by molar-refractivity contribution is -0.142. The molecule has 0 spiro atoms. The normalized spacial score (nSPS) is 17.2. The second-order valence-corrected chi connectivity index (χ2v) is 5.87. The Labute approximate surface area is 146 Å². The van der Waals surface area contributed by atoms with E-state index >= 15 is 0 Å². The highest BCUT2D eigenvalue weighted by atomic mass is 16.6. The van der Waals surface area contributed by atoms with Crippen LogP contribution in [0, 0.1) is 0 Å². The monoisotopic (exact) mass is 340 g/mol. The summed E-state index contributed by atoms with van der Waals surface area (Å²) in [6.45, 7) is 1.23. The van der Waals surface area contributed by atoms with E-state index < -0.39 is 18.1 Å². The molecule has 0 saturated carbocycles. The predicted molar refractivity (Wildman–Crippen MR) is 93.4 cm³/mol. The molecular weight excluding hydrogens is 320 g/mol. The fourth-order valence-electron chi connectivity index (χ4n) is 2.89. The Morgan fingerprint density at radius 3 is 2.28 bits per heavy atom. The van der Waals surface area contributed by atoms with Gasteiger partial charge in [0.25, 0.3) is 0 Å². The minimum atomic E-state index is -1.03. The number of hydrogen-bond acceptors (Lipinski definition) is 4. The number of hydrogen-bond donors (Lipinski definition) is 1. The number of carbonyl (C=O) groups is 2. The van der Waals surface area contributed by atoms with Crippen LogP contribution in [0.4, 0.5) is 10.5 Å². The summed E-state index contributed by atoms with van der Waals surface area (Å²) in [6.07, 6.45) is -0.594. The first-order valence-corrected chi connectivity index (χ1v) is 8.15. The number of carbonyl (C=O) groups excluding carboxylic acids is 1. The van der Waals surface area contributed by atoms with E-state index in [1.807, 2.05) is 65.6 Å². The van der Waals surface area contributed by atoms with Gasteiger partial charge in [-0.3, -0.25) is 4.90 Å². The highest BCUT2D eigenvalue weighted by molar-refractivity contribution is 5.81. The molecule has 0 radical (unpaired) electrons. The lowest BCUT2D eigenvalue weighted by Gasteiger charge is -2.39. The summed E-state index contributed by atoms with van der Waals surface area (Å²) in [5, 5.41) is 9.53. The third-order valence-corrected chi connectivity index (χ3v) is 4.23. The number of aliphatic carboxylic acids is 1. The fraction of sp³-hybridized carbons (Fsp3) is 0.263. The molecule has 1 heterocycles. The molecule has 1 aliphatic rings. The van der Waals surface area contributed by atoms with E-state index in [9.17, 15) is 14.7 Å². The molecule has 25 heavy (non-hydrogen) atoms. The van der Waals surface area contributed by atoms with Gasteiger partial charge in [-0.1, -0.05) is 48.5 Å². The minimum absolute atomic E-state index is 0.130. The van der Waals surface area contributed by atoms with E-state index in [2.05, 4.69) is 0 Å². The number of ether oxygens (including phenoxy) is 1. The third-order valence-electron chi connectivity index (χ3n) is 4.23. The lowest BCUT2D eigenvalue weighted by atomic mass is 10.1. The van der Waals surface area contributed by atoms with Gasteiger partial charge in [-0.15, -0.1) is 0 Å². The molecule has 1 fully saturated rings. The van der Waals surface area contributed by atoms with Crippen LogP contribution in [0.25, 0.3) is 0 Å². The number of carboxylic acid groups (broad SMARTS) is 1. The van der Waals surface area contributed by atoms with Crippen molar-refractivity contribution in [1.82, 2.24) is 4.90 Å². The molecule has 1 unspecified atom stereocenters. The van der Waals surface area contributed by atoms with Crippen molar-refractivity contribution in [3.8, 4) is 0 Å². The van der Waals surface area contributed by atoms with Crippen molar-refractivity contribution >= 4 is 17.7 Å². The molecule has 0 aromatic heterocycles. The van der Waals surface area contributed by atoms with Crippen molar-refractivity contribution in [2.75, 3.05) is 24.5 Å². The van der Waals surface area contributed by atoms with Crippen molar-refractivity contribution in [3.05, 3.63) is 66.2 Å². The van der Waals surface area contributed by atoms with Gasteiger partial charge in [0.2, 0.25) is 0 Å². The Kier molecular flexibility index (Phi) is 5.18. The van der Waals surface area contributed by atoms with Crippen LogP contribution in [0.3, 0.4) is 0 Å². The van der Waals surface area contributed by atoms with E-state index in [0.717, 1.165) is 11.3 Å². The number of amides is 1. The molecule has 6 nitrogen and oxygen atoms in total. The van der Waals surface area contributed by atoms with Crippen molar-refractivity contribution in [1.29, 1.82) is 0 Å². The number of carboxylic acids is 1. The largest absolute Gasteiger partial charge is 0.480 e. The SMILES string of the molecule is O=C(O)C1CN(c2ccccc2)CCN1C(=O)OCc1ccccc1. The fourth-order valence-corrected chi connectivity index (χ4v) is 2.89. The molecule has 0 bridgehead atoms. The van der Waals surface area contributed by atoms with Gasteiger partial charge in [-0.2, -0.15) is 0 Å². The van der Waals surface area contributed by atoms with Crippen LogP contribution in [0.5, 0.6) is 0 Å². The van der Waals surface area contributed by atoms with Crippen LogP contribution in [0.15, 0.2) is 60.7 Å². The topological polar surface area (TPSA) is 70.1 Å². The second-order valence-electron chi connectivity index (χ2n) is 5.87. The van der Waals surface area contributed by atoms with Crippen LogP contribution >= 0.6 is 0 Å². The minimum Gasteiger partial charge on any atom is -0.480 e. The van der Waals surface area contributed by atoms with Gasteiger partial charge < -0.3 is 14.7 Å². The van der Waals surface area contributed by atoms with Gasteiger partial charge in [-0.25, -0.2) is 9.59 Å². The maximum absolute atomic E-state index is 12.4. The zero-order chi connectivity index (χ0) is 17.6. The average Bonchev–Trinajstić information content (AvgIpc) is 2.67. The van der Waals surface area contributed by atoms with E-state index in [1.54, 1.807) is 0 Å². The molecular formula is C19H20N2O4. The van der Waals surface area contributed by atoms with Gasteiger partial charge in [-0.05, 0) is 17.7 Å². The Morgan fingerprint density at radius 2 is 1.64 bits per heavy atom. The molecule has 130 valence electrons. The number of nitrogens with zero attached hydrogens (tertiary/aromatic N) is 2. The number of rotatable bonds is 4. The first-order valence-electron chi connectivity index (χ1n) is 8.15. The molecule has 3 rings (SSSR count). The van der Waals surface area contributed by atoms with Crippen LogP contribution in [0.2, 0.25) is 0 Å². The summed E-state index contributed by atoms with van der Waals surface area (Å²) in [7, 11) is 0.